The highest BCUT2D eigenvalue weighted by molar-refractivity contribution is 7.92. The van der Waals surface area contributed by atoms with Crippen LogP contribution >= 0.6 is 11.6 Å². The lowest BCUT2D eigenvalue weighted by Gasteiger charge is -2.11. The Labute approximate surface area is 172 Å². The van der Waals surface area contributed by atoms with E-state index in [9.17, 15) is 23.1 Å². The number of hydrogen-bond acceptors (Lipinski definition) is 5. The summed E-state index contributed by atoms with van der Waals surface area (Å²) in [6, 6.07) is 17.1. The van der Waals surface area contributed by atoms with Crippen LogP contribution in [-0.4, -0.2) is 20.3 Å². The molecule has 3 aromatic rings. The van der Waals surface area contributed by atoms with Gasteiger partial charge >= 0.3 is 0 Å². The van der Waals surface area contributed by atoms with Crippen LogP contribution in [0.2, 0.25) is 5.02 Å². The van der Waals surface area contributed by atoms with Gasteiger partial charge in [-0.15, -0.1) is 0 Å². The Bertz CT molecular complexity index is 1180. The molecule has 0 aliphatic heterocycles. The van der Waals surface area contributed by atoms with Crippen LogP contribution in [0.25, 0.3) is 0 Å². The molecular formula is C20H14ClN2O5S-. The van der Waals surface area contributed by atoms with Crippen molar-refractivity contribution < 1.29 is 23.1 Å². The molecule has 0 saturated heterocycles. The monoisotopic (exact) mass is 429 g/mol. The molecule has 0 heterocycles. The van der Waals surface area contributed by atoms with E-state index in [0.717, 1.165) is 6.07 Å². The van der Waals surface area contributed by atoms with Crippen LogP contribution in [0, 0.1) is 0 Å². The van der Waals surface area contributed by atoms with Crippen LogP contribution in [0.4, 0.5) is 11.4 Å². The molecule has 0 aromatic heterocycles. The molecule has 29 heavy (non-hydrogen) atoms. The van der Waals surface area contributed by atoms with Crippen LogP contribution in [0.3, 0.4) is 0 Å². The lowest BCUT2D eigenvalue weighted by atomic mass is 10.2. The average Bonchev–Trinajstić information content (AvgIpc) is 2.69. The molecule has 0 aliphatic rings. The van der Waals surface area contributed by atoms with Crippen LogP contribution < -0.4 is 15.1 Å². The van der Waals surface area contributed by atoms with E-state index in [1.165, 1.54) is 42.5 Å². The Morgan fingerprint density at radius 1 is 0.828 bits per heavy atom. The van der Waals surface area contributed by atoms with Crippen molar-refractivity contribution in [2.24, 2.45) is 0 Å². The van der Waals surface area contributed by atoms with Gasteiger partial charge < -0.3 is 15.2 Å². The summed E-state index contributed by atoms with van der Waals surface area (Å²) in [5.74, 6) is -1.92. The topological polar surface area (TPSA) is 115 Å². The van der Waals surface area contributed by atoms with E-state index in [0.29, 0.717) is 10.7 Å². The summed E-state index contributed by atoms with van der Waals surface area (Å²) in [4.78, 5) is 23.2. The van der Waals surface area contributed by atoms with Gasteiger partial charge in [0.1, 0.15) is 0 Å². The summed E-state index contributed by atoms with van der Waals surface area (Å²) >= 11 is 5.81. The number of carbonyl (C=O) groups excluding carboxylic acids is 2. The smallest absolute Gasteiger partial charge is 0.261 e. The minimum absolute atomic E-state index is 0.0581. The van der Waals surface area contributed by atoms with Crippen molar-refractivity contribution in [1.29, 1.82) is 0 Å². The highest BCUT2D eigenvalue weighted by atomic mass is 35.5. The number of carbonyl (C=O) groups is 2. The van der Waals surface area contributed by atoms with Crippen molar-refractivity contribution >= 4 is 44.9 Å². The molecule has 1 amide bonds. The van der Waals surface area contributed by atoms with Crippen LogP contribution in [0.1, 0.15) is 20.7 Å². The van der Waals surface area contributed by atoms with E-state index in [4.69, 9.17) is 11.6 Å². The van der Waals surface area contributed by atoms with Crippen LogP contribution in [-0.2, 0) is 10.0 Å². The maximum Gasteiger partial charge on any atom is 0.261 e. The molecule has 3 rings (SSSR count). The summed E-state index contributed by atoms with van der Waals surface area (Å²) in [7, 11) is -4.05. The molecular weight excluding hydrogens is 416 g/mol. The Morgan fingerprint density at radius 3 is 2.17 bits per heavy atom. The molecule has 0 unspecified atom stereocenters. The molecule has 7 nitrogen and oxygen atoms in total. The third-order valence-corrected chi connectivity index (χ3v) is 5.49. The maximum absolute atomic E-state index is 12.6. The molecule has 9 heteroatoms. The molecule has 0 saturated carbocycles. The van der Waals surface area contributed by atoms with Crippen molar-refractivity contribution in [2.45, 2.75) is 4.90 Å². The second kappa shape index (κ2) is 8.34. The molecule has 0 atom stereocenters. The van der Waals surface area contributed by atoms with Gasteiger partial charge in [-0.2, -0.15) is 0 Å². The van der Waals surface area contributed by atoms with Gasteiger partial charge in [0.25, 0.3) is 15.9 Å². The number of halogens is 1. The molecule has 0 spiro atoms. The maximum atomic E-state index is 12.6. The second-order valence-electron chi connectivity index (χ2n) is 5.96. The van der Waals surface area contributed by atoms with E-state index < -0.39 is 21.9 Å². The second-order valence-corrected chi connectivity index (χ2v) is 8.08. The third kappa shape index (κ3) is 5.13. The first-order valence-electron chi connectivity index (χ1n) is 8.26. The first-order valence-corrected chi connectivity index (χ1v) is 10.1. The third-order valence-electron chi connectivity index (χ3n) is 3.86. The lowest BCUT2D eigenvalue weighted by Crippen LogP contribution is -2.22. The molecule has 0 fully saturated rings. The Balaban J connectivity index is 1.82. The van der Waals surface area contributed by atoms with Crippen molar-refractivity contribution in [3.8, 4) is 0 Å². The number of nitrogens with one attached hydrogen (secondary N) is 2. The van der Waals surface area contributed by atoms with Crippen molar-refractivity contribution in [3.63, 3.8) is 0 Å². The van der Waals surface area contributed by atoms with Crippen molar-refractivity contribution in [2.75, 3.05) is 10.0 Å². The number of benzene rings is 3. The van der Waals surface area contributed by atoms with E-state index in [2.05, 4.69) is 10.0 Å². The van der Waals surface area contributed by atoms with Gasteiger partial charge in [-0.3, -0.25) is 9.52 Å². The predicted molar refractivity (Wildman–Crippen MR) is 107 cm³/mol. The van der Waals surface area contributed by atoms with Gasteiger partial charge in [0.15, 0.2) is 0 Å². The summed E-state index contributed by atoms with van der Waals surface area (Å²) in [5.41, 5.74) is 0.528. The van der Waals surface area contributed by atoms with Crippen molar-refractivity contribution in [3.05, 3.63) is 88.9 Å². The van der Waals surface area contributed by atoms with E-state index in [1.54, 1.807) is 24.3 Å². The summed E-state index contributed by atoms with van der Waals surface area (Å²) in [6.45, 7) is 0. The first-order chi connectivity index (χ1) is 13.7. The lowest BCUT2D eigenvalue weighted by molar-refractivity contribution is -0.255. The van der Waals surface area contributed by atoms with Crippen molar-refractivity contribution in [1.82, 2.24) is 0 Å². The molecule has 2 N–H and O–H groups in total. The SMILES string of the molecule is O=C([O-])c1cccc(NS(=O)(=O)c2cccc(C(=O)Nc3ccc(Cl)cc3)c2)c1. The first kappa shape index (κ1) is 20.4. The number of sulfonamides is 1. The minimum Gasteiger partial charge on any atom is -0.545 e. The zero-order valence-corrected chi connectivity index (χ0v) is 16.3. The Kier molecular flexibility index (Phi) is 5.86. The molecule has 3 aromatic carbocycles. The van der Waals surface area contributed by atoms with Gasteiger partial charge in [-0.05, 0) is 60.2 Å². The molecule has 0 bridgehead atoms. The molecule has 148 valence electrons. The largest absolute Gasteiger partial charge is 0.545 e. The van der Waals surface area contributed by atoms with E-state index >= 15 is 0 Å². The normalized spacial score (nSPS) is 10.9. The fraction of sp³-hybridized carbons (Fsp3) is 0. The van der Waals surface area contributed by atoms with E-state index in [-0.39, 0.29) is 21.7 Å². The Hall–Kier alpha value is -3.36. The van der Waals surface area contributed by atoms with Gasteiger partial charge in [0, 0.05) is 22.0 Å². The molecule has 0 radical (unpaired) electrons. The van der Waals surface area contributed by atoms with Crippen LogP contribution in [0.5, 0.6) is 0 Å². The number of hydrogen-bond donors (Lipinski definition) is 2. The number of aromatic carboxylic acids is 1. The summed E-state index contributed by atoms with van der Waals surface area (Å²) in [6.07, 6.45) is 0. The Morgan fingerprint density at radius 2 is 1.48 bits per heavy atom. The zero-order valence-electron chi connectivity index (χ0n) is 14.8. The van der Waals surface area contributed by atoms with Gasteiger partial charge in [0.05, 0.1) is 10.9 Å². The van der Waals surface area contributed by atoms with Gasteiger partial charge in [-0.25, -0.2) is 8.42 Å². The molecule has 0 aliphatic carbocycles. The van der Waals surface area contributed by atoms with E-state index in [1.807, 2.05) is 0 Å². The number of anilines is 2. The average molecular weight is 430 g/mol. The summed E-state index contributed by atoms with van der Waals surface area (Å²) < 4.78 is 27.6. The number of carboxylic acids is 1. The quantitative estimate of drug-likeness (QED) is 0.625. The number of amides is 1. The minimum atomic E-state index is -4.05. The van der Waals surface area contributed by atoms with Crippen LogP contribution in [0.15, 0.2) is 77.7 Å². The highest BCUT2D eigenvalue weighted by Crippen LogP contribution is 2.19. The highest BCUT2D eigenvalue weighted by Gasteiger charge is 2.17. The fourth-order valence-electron chi connectivity index (χ4n) is 2.46. The number of carboxylic acid groups (broad SMARTS) is 1. The number of rotatable bonds is 6. The standard InChI is InChI=1S/C20H15ClN2O5S/c21-15-7-9-16(10-8-15)22-19(24)13-3-2-6-18(12-13)29(27,28)23-17-5-1-4-14(11-17)20(25)26/h1-12,23H,(H,22,24)(H,25,26)/p-1. The zero-order chi connectivity index (χ0) is 21.0. The summed E-state index contributed by atoms with van der Waals surface area (Å²) in [5, 5.41) is 14.1. The van der Waals surface area contributed by atoms with Gasteiger partial charge in [-0.1, -0.05) is 29.8 Å². The predicted octanol–water partition coefficient (Wildman–Crippen LogP) is 2.76. The van der Waals surface area contributed by atoms with Gasteiger partial charge in [0.2, 0.25) is 0 Å². The fourth-order valence-corrected chi connectivity index (χ4v) is 3.69.